The molecule has 2 heterocycles. The summed E-state index contributed by atoms with van der Waals surface area (Å²) in [4.78, 5) is 29.1. The van der Waals surface area contributed by atoms with Crippen LogP contribution in [0.4, 0.5) is 30.4 Å². The predicted molar refractivity (Wildman–Crippen MR) is 112 cm³/mol. The zero-order valence-electron chi connectivity index (χ0n) is 16.1. The summed E-state index contributed by atoms with van der Waals surface area (Å²) in [5, 5.41) is 9.28. The molecule has 0 saturated carbocycles. The first kappa shape index (κ1) is 21.4. The van der Waals surface area contributed by atoms with Crippen LogP contribution in [0.5, 0.6) is 0 Å². The molecule has 1 amide bonds. The molecule has 0 aliphatic rings. The monoisotopic (exact) mass is 462 g/mol. The summed E-state index contributed by atoms with van der Waals surface area (Å²) in [5.41, 5.74) is -1.05. The van der Waals surface area contributed by atoms with Crippen molar-refractivity contribution in [2.24, 2.45) is 0 Å². The number of fused-ring (bicyclic) bond motifs is 1. The lowest BCUT2D eigenvalue weighted by Crippen LogP contribution is -2.28. The summed E-state index contributed by atoms with van der Waals surface area (Å²) in [6.07, 6.45) is -3.15. The molecule has 0 bridgehead atoms. The van der Waals surface area contributed by atoms with Gasteiger partial charge in [-0.15, -0.1) is 5.10 Å². The quantitative estimate of drug-likeness (QED) is 0.468. The Labute approximate surface area is 183 Å². The fourth-order valence-corrected chi connectivity index (χ4v) is 3.04. The predicted octanol–water partition coefficient (Wildman–Crippen LogP) is 3.95. The molecule has 164 valence electrons. The summed E-state index contributed by atoms with van der Waals surface area (Å²) in [5.74, 6) is -0.304. The number of nitrogens with zero attached hydrogens (tertiary/aromatic N) is 4. The molecule has 2 aromatic carbocycles. The van der Waals surface area contributed by atoms with E-state index in [0.717, 1.165) is 33.0 Å². The molecule has 32 heavy (non-hydrogen) atoms. The van der Waals surface area contributed by atoms with Gasteiger partial charge in [-0.2, -0.15) is 18.2 Å². The van der Waals surface area contributed by atoms with E-state index >= 15 is 0 Å². The maximum Gasteiger partial charge on any atom is 0.416 e. The lowest BCUT2D eigenvalue weighted by atomic mass is 10.2. The van der Waals surface area contributed by atoms with Crippen LogP contribution in [0.3, 0.4) is 0 Å². The maximum atomic E-state index is 12.9. The third-order valence-electron chi connectivity index (χ3n) is 4.36. The van der Waals surface area contributed by atoms with Crippen LogP contribution in [0.2, 0.25) is 5.02 Å². The Kier molecular flexibility index (Phi) is 5.57. The molecule has 0 unspecified atom stereocenters. The molecule has 2 N–H and O–H groups in total. The molecule has 0 aliphatic carbocycles. The number of nitrogens with one attached hydrogen (secondary N) is 2. The first-order valence-corrected chi connectivity index (χ1v) is 9.53. The van der Waals surface area contributed by atoms with Crippen LogP contribution < -0.4 is 16.3 Å². The molecule has 0 spiro atoms. The van der Waals surface area contributed by atoms with Gasteiger partial charge in [-0.05, 0) is 36.4 Å². The Balaban J connectivity index is 1.53. The largest absolute Gasteiger partial charge is 0.416 e. The number of para-hydroxylation sites is 1. The zero-order chi connectivity index (χ0) is 22.9. The molecule has 8 nitrogen and oxygen atoms in total. The smallest absolute Gasteiger partial charge is 0.340 e. The van der Waals surface area contributed by atoms with Gasteiger partial charge in [-0.3, -0.25) is 4.79 Å². The number of rotatable bonds is 5. The fourth-order valence-electron chi connectivity index (χ4n) is 2.87. The third-order valence-corrected chi connectivity index (χ3v) is 4.69. The molecule has 0 radical (unpaired) electrons. The number of carbonyl (C=O) groups excluding carboxylic acids is 1. The molecule has 4 aromatic rings. The van der Waals surface area contributed by atoms with Crippen molar-refractivity contribution in [3.8, 4) is 0 Å². The van der Waals surface area contributed by atoms with E-state index in [-0.39, 0.29) is 16.5 Å². The normalized spacial score (nSPS) is 11.5. The molecule has 4 rings (SSSR count). The number of amides is 1. The van der Waals surface area contributed by atoms with Crippen molar-refractivity contribution in [3.05, 3.63) is 81.9 Å². The Morgan fingerprint density at radius 3 is 2.56 bits per heavy atom. The van der Waals surface area contributed by atoms with Crippen LogP contribution in [0.15, 0.2) is 65.6 Å². The van der Waals surface area contributed by atoms with Gasteiger partial charge in [-0.25, -0.2) is 13.9 Å². The van der Waals surface area contributed by atoms with Gasteiger partial charge in [0.1, 0.15) is 12.4 Å². The highest BCUT2D eigenvalue weighted by molar-refractivity contribution is 6.33. The van der Waals surface area contributed by atoms with Crippen LogP contribution >= 0.6 is 11.6 Å². The molecule has 0 fully saturated rings. The van der Waals surface area contributed by atoms with E-state index in [1.807, 2.05) is 30.3 Å². The summed E-state index contributed by atoms with van der Waals surface area (Å²) >= 11 is 5.89. The van der Waals surface area contributed by atoms with Crippen LogP contribution in [0.1, 0.15) is 5.56 Å². The van der Waals surface area contributed by atoms with Crippen LogP contribution in [0.25, 0.3) is 5.78 Å². The Morgan fingerprint density at radius 1 is 1.09 bits per heavy atom. The highest BCUT2D eigenvalue weighted by Gasteiger charge is 2.31. The van der Waals surface area contributed by atoms with E-state index in [4.69, 9.17) is 11.6 Å². The number of hydrogen-bond donors (Lipinski definition) is 2. The van der Waals surface area contributed by atoms with Gasteiger partial charge in [0, 0.05) is 11.9 Å². The average molecular weight is 463 g/mol. The molecule has 12 heteroatoms. The van der Waals surface area contributed by atoms with Crippen LogP contribution in [0, 0.1) is 0 Å². The molecule has 0 atom stereocenters. The second-order valence-electron chi connectivity index (χ2n) is 6.65. The van der Waals surface area contributed by atoms with Gasteiger partial charge in [-0.1, -0.05) is 29.8 Å². The summed E-state index contributed by atoms with van der Waals surface area (Å²) in [6, 6.07) is 13.3. The second kappa shape index (κ2) is 8.35. The maximum absolute atomic E-state index is 12.9. The Morgan fingerprint density at radius 2 is 1.84 bits per heavy atom. The van der Waals surface area contributed by atoms with Gasteiger partial charge in [0.15, 0.2) is 0 Å². The number of halogens is 4. The van der Waals surface area contributed by atoms with E-state index in [1.165, 1.54) is 6.20 Å². The highest BCUT2D eigenvalue weighted by Crippen LogP contribution is 2.33. The lowest BCUT2D eigenvalue weighted by molar-refractivity contribution is -0.137. The van der Waals surface area contributed by atoms with Crippen molar-refractivity contribution in [2.45, 2.75) is 12.7 Å². The molecular weight excluding hydrogens is 449 g/mol. The molecule has 2 aromatic heterocycles. The van der Waals surface area contributed by atoms with Gasteiger partial charge in [0.05, 0.1) is 16.3 Å². The Hall–Kier alpha value is -3.86. The van der Waals surface area contributed by atoms with Gasteiger partial charge in [0.2, 0.25) is 5.91 Å². The van der Waals surface area contributed by atoms with E-state index in [9.17, 15) is 22.8 Å². The van der Waals surface area contributed by atoms with Crippen molar-refractivity contribution < 1.29 is 18.0 Å². The number of benzene rings is 2. The Bertz CT molecular complexity index is 1350. The first-order chi connectivity index (χ1) is 15.2. The standard InChI is InChI=1S/C20H14ClF3N6O2/c21-14-7-6-12(20(22,23)24)10-15(14)26-17(31)11-30-19(32)29-9-8-16(27-18(29)28-30)25-13-4-2-1-3-5-13/h1-10H,11H2,(H,26,31)(H,25,27,28). The number of carbonyl (C=O) groups is 1. The second-order valence-corrected chi connectivity index (χ2v) is 7.06. The SMILES string of the molecule is O=C(Cn1nc2nc(Nc3ccccc3)ccn2c1=O)Nc1cc(C(F)(F)F)ccc1Cl. The van der Waals surface area contributed by atoms with E-state index in [0.29, 0.717) is 5.82 Å². The van der Waals surface area contributed by atoms with E-state index < -0.39 is 29.9 Å². The molecule has 0 aliphatic heterocycles. The highest BCUT2D eigenvalue weighted by atomic mass is 35.5. The number of hydrogen-bond acceptors (Lipinski definition) is 5. The number of aromatic nitrogens is 4. The van der Waals surface area contributed by atoms with Gasteiger partial charge < -0.3 is 10.6 Å². The summed E-state index contributed by atoms with van der Waals surface area (Å²) in [6.45, 7) is -0.545. The molecular formula is C20H14ClF3N6O2. The number of anilines is 3. The van der Waals surface area contributed by atoms with Gasteiger partial charge in [0.25, 0.3) is 5.78 Å². The minimum absolute atomic E-state index is 0.0424. The van der Waals surface area contributed by atoms with Crippen molar-refractivity contribution in [1.82, 2.24) is 19.2 Å². The summed E-state index contributed by atoms with van der Waals surface area (Å²) < 4.78 is 40.7. The van der Waals surface area contributed by atoms with Crippen molar-refractivity contribution in [3.63, 3.8) is 0 Å². The first-order valence-electron chi connectivity index (χ1n) is 9.15. The minimum Gasteiger partial charge on any atom is -0.340 e. The third kappa shape index (κ3) is 4.57. The zero-order valence-corrected chi connectivity index (χ0v) is 16.9. The topological polar surface area (TPSA) is 93.3 Å². The number of alkyl halides is 3. The molecule has 0 saturated heterocycles. The minimum atomic E-state index is -4.60. The van der Waals surface area contributed by atoms with E-state index in [2.05, 4.69) is 20.7 Å². The fraction of sp³-hybridized carbons (Fsp3) is 0.100. The van der Waals surface area contributed by atoms with Gasteiger partial charge >= 0.3 is 11.9 Å². The lowest BCUT2D eigenvalue weighted by Gasteiger charge is -2.11. The van der Waals surface area contributed by atoms with Crippen molar-refractivity contribution in [2.75, 3.05) is 10.6 Å². The van der Waals surface area contributed by atoms with Crippen molar-refractivity contribution in [1.29, 1.82) is 0 Å². The average Bonchev–Trinajstić information content (AvgIpc) is 3.04. The summed E-state index contributed by atoms with van der Waals surface area (Å²) in [7, 11) is 0. The van der Waals surface area contributed by atoms with Crippen LogP contribution in [-0.4, -0.2) is 25.1 Å². The van der Waals surface area contributed by atoms with E-state index in [1.54, 1.807) is 6.07 Å². The van der Waals surface area contributed by atoms with Crippen LogP contribution in [-0.2, 0) is 17.5 Å². The van der Waals surface area contributed by atoms with Crippen molar-refractivity contribution >= 4 is 40.5 Å².